The van der Waals surface area contributed by atoms with Crippen LogP contribution in [0.15, 0.2) is 53.6 Å². The van der Waals surface area contributed by atoms with Crippen molar-refractivity contribution >= 4 is 38.1 Å². The van der Waals surface area contributed by atoms with Gasteiger partial charge in [0, 0.05) is 24.3 Å². The molecule has 0 atom stereocenters. The van der Waals surface area contributed by atoms with E-state index in [1.807, 2.05) is 18.2 Å². The second-order valence-corrected chi connectivity index (χ2v) is 8.09. The van der Waals surface area contributed by atoms with E-state index in [0.29, 0.717) is 21.7 Å². The van der Waals surface area contributed by atoms with Crippen LogP contribution >= 0.6 is 22.9 Å². The number of benzene rings is 1. The van der Waals surface area contributed by atoms with Gasteiger partial charge in [-0.3, -0.25) is 4.98 Å². The second kappa shape index (κ2) is 7.87. The molecule has 2 aromatic heterocycles. The molecular weight excluding hydrogens is 382 g/mol. The molecule has 0 amide bonds. The lowest BCUT2D eigenvalue weighted by Gasteiger charge is -2.07. The number of hydrogen-bond acceptors (Lipinski definition) is 7. The van der Waals surface area contributed by atoms with Crippen molar-refractivity contribution in [1.82, 2.24) is 19.9 Å². The zero-order chi connectivity index (χ0) is 17.7. The number of aromatic nitrogens is 3. The van der Waals surface area contributed by atoms with Gasteiger partial charge >= 0.3 is 0 Å². The minimum atomic E-state index is -3.59. The molecule has 3 rings (SSSR count). The van der Waals surface area contributed by atoms with Gasteiger partial charge in [0.25, 0.3) is 0 Å². The van der Waals surface area contributed by atoms with E-state index in [9.17, 15) is 8.42 Å². The van der Waals surface area contributed by atoms with Crippen LogP contribution in [0, 0.1) is 0 Å². The molecule has 0 spiro atoms. The molecule has 2 heterocycles. The van der Waals surface area contributed by atoms with Crippen molar-refractivity contribution in [1.29, 1.82) is 0 Å². The number of nitrogens with one attached hydrogen (secondary N) is 2. The van der Waals surface area contributed by atoms with E-state index in [1.54, 1.807) is 18.3 Å². The predicted octanol–water partition coefficient (Wildman–Crippen LogP) is 2.64. The first-order chi connectivity index (χ1) is 12.0. The van der Waals surface area contributed by atoms with Crippen molar-refractivity contribution in [2.24, 2.45) is 0 Å². The summed E-state index contributed by atoms with van der Waals surface area (Å²) in [5.41, 5.74) is 0.745. The number of halogens is 1. The Morgan fingerprint density at radius 3 is 2.72 bits per heavy atom. The molecule has 0 unspecified atom stereocenters. The third kappa shape index (κ3) is 4.73. The summed E-state index contributed by atoms with van der Waals surface area (Å²) < 4.78 is 26.8. The molecule has 0 radical (unpaired) electrons. The first-order valence-electron chi connectivity index (χ1n) is 7.28. The van der Waals surface area contributed by atoms with Crippen LogP contribution in [0.25, 0.3) is 10.7 Å². The van der Waals surface area contributed by atoms with Gasteiger partial charge < -0.3 is 5.32 Å². The highest BCUT2D eigenvalue weighted by Gasteiger charge is 2.13. The van der Waals surface area contributed by atoms with Gasteiger partial charge in [-0.05, 0) is 30.3 Å². The Morgan fingerprint density at radius 1 is 1.08 bits per heavy atom. The Kier molecular flexibility index (Phi) is 5.59. The number of nitrogens with zero attached hydrogens (tertiary/aromatic N) is 3. The van der Waals surface area contributed by atoms with E-state index < -0.39 is 10.0 Å². The van der Waals surface area contributed by atoms with Crippen LogP contribution in [-0.4, -0.2) is 36.7 Å². The highest BCUT2D eigenvalue weighted by atomic mass is 35.5. The van der Waals surface area contributed by atoms with E-state index in [0.717, 1.165) is 5.69 Å². The van der Waals surface area contributed by atoms with Crippen LogP contribution in [0.5, 0.6) is 0 Å². The average Bonchev–Trinajstić information content (AvgIpc) is 3.08. The summed E-state index contributed by atoms with van der Waals surface area (Å²) >= 11 is 7.17. The Bertz CT molecular complexity index is 947. The first-order valence-corrected chi connectivity index (χ1v) is 9.96. The third-order valence-corrected chi connectivity index (χ3v) is 5.71. The lowest BCUT2D eigenvalue weighted by atomic mass is 10.4. The number of hydrogen-bond donors (Lipinski definition) is 2. The Balaban J connectivity index is 1.53. The van der Waals surface area contributed by atoms with Gasteiger partial charge in [0.15, 0.2) is 5.01 Å². The molecule has 10 heteroatoms. The molecule has 0 fully saturated rings. The lowest BCUT2D eigenvalue weighted by Crippen LogP contribution is -2.28. The fourth-order valence-electron chi connectivity index (χ4n) is 1.96. The van der Waals surface area contributed by atoms with E-state index in [2.05, 4.69) is 25.2 Å². The predicted molar refractivity (Wildman–Crippen MR) is 98.3 cm³/mol. The first kappa shape index (κ1) is 17.7. The van der Waals surface area contributed by atoms with Crippen LogP contribution in [-0.2, 0) is 10.0 Å². The number of rotatable bonds is 7. The van der Waals surface area contributed by atoms with Gasteiger partial charge in [0.2, 0.25) is 15.2 Å². The molecule has 2 N–H and O–H groups in total. The summed E-state index contributed by atoms with van der Waals surface area (Å²) in [6.07, 6.45) is 1.69. The standard InChI is InChI=1S/C15H14ClN5O2S2/c16-11-4-3-5-12(10-11)25(22,23)19-9-8-18-15-21-20-14(24-15)13-6-1-2-7-17-13/h1-7,10,19H,8-9H2,(H,18,21). The average molecular weight is 396 g/mol. The minimum Gasteiger partial charge on any atom is -0.359 e. The quantitative estimate of drug-likeness (QED) is 0.597. The molecule has 0 aliphatic rings. The maximum atomic E-state index is 12.2. The van der Waals surface area contributed by atoms with E-state index in [4.69, 9.17) is 11.6 Å². The summed E-state index contributed by atoms with van der Waals surface area (Å²) in [6.45, 7) is 0.573. The van der Waals surface area contributed by atoms with Gasteiger partial charge in [-0.2, -0.15) is 0 Å². The van der Waals surface area contributed by atoms with E-state index >= 15 is 0 Å². The fourth-order valence-corrected chi connectivity index (χ4v) is 4.04. The molecule has 1 aromatic carbocycles. The van der Waals surface area contributed by atoms with Crippen molar-refractivity contribution in [3.63, 3.8) is 0 Å². The second-order valence-electron chi connectivity index (χ2n) is 4.91. The summed E-state index contributed by atoms with van der Waals surface area (Å²) in [5, 5.41) is 12.8. The monoisotopic (exact) mass is 395 g/mol. The zero-order valence-electron chi connectivity index (χ0n) is 12.9. The number of anilines is 1. The third-order valence-electron chi connectivity index (χ3n) is 3.11. The molecule has 0 aliphatic carbocycles. The van der Waals surface area contributed by atoms with Gasteiger partial charge in [0.1, 0.15) is 5.69 Å². The summed E-state index contributed by atoms with van der Waals surface area (Å²) in [5.74, 6) is 0. The van der Waals surface area contributed by atoms with Gasteiger partial charge in [-0.25, -0.2) is 13.1 Å². The molecule has 130 valence electrons. The maximum absolute atomic E-state index is 12.2. The molecule has 25 heavy (non-hydrogen) atoms. The highest BCUT2D eigenvalue weighted by Crippen LogP contribution is 2.24. The lowest BCUT2D eigenvalue weighted by molar-refractivity contribution is 0.583. The minimum absolute atomic E-state index is 0.133. The fraction of sp³-hybridized carbons (Fsp3) is 0.133. The Labute approximate surface area is 154 Å². The smallest absolute Gasteiger partial charge is 0.240 e. The van der Waals surface area contributed by atoms with Crippen LogP contribution in [0.3, 0.4) is 0 Å². The summed E-state index contributed by atoms with van der Waals surface area (Å²) in [4.78, 5) is 4.34. The summed E-state index contributed by atoms with van der Waals surface area (Å²) in [7, 11) is -3.59. The van der Waals surface area contributed by atoms with Crippen LogP contribution < -0.4 is 10.0 Å². The van der Waals surface area contributed by atoms with E-state index in [-0.39, 0.29) is 11.4 Å². The van der Waals surface area contributed by atoms with Gasteiger partial charge in [0.05, 0.1) is 4.90 Å². The van der Waals surface area contributed by atoms with Crippen LogP contribution in [0.4, 0.5) is 5.13 Å². The molecule has 0 aliphatic heterocycles. The molecule has 0 saturated heterocycles. The SMILES string of the molecule is O=S(=O)(NCCNc1nnc(-c2ccccn2)s1)c1cccc(Cl)c1. The maximum Gasteiger partial charge on any atom is 0.240 e. The van der Waals surface area contributed by atoms with Crippen molar-refractivity contribution in [3.8, 4) is 10.7 Å². The van der Waals surface area contributed by atoms with Crippen molar-refractivity contribution < 1.29 is 8.42 Å². The zero-order valence-corrected chi connectivity index (χ0v) is 15.3. The molecular formula is C15H14ClN5O2S2. The normalized spacial score (nSPS) is 11.4. The van der Waals surface area contributed by atoms with Crippen molar-refractivity contribution in [2.75, 3.05) is 18.4 Å². The molecule has 3 aromatic rings. The molecule has 0 bridgehead atoms. The van der Waals surface area contributed by atoms with Crippen LogP contribution in [0.1, 0.15) is 0 Å². The largest absolute Gasteiger partial charge is 0.359 e. The van der Waals surface area contributed by atoms with Gasteiger partial charge in [-0.1, -0.05) is 35.1 Å². The van der Waals surface area contributed by atoms with Crippen LogP contribution in [0.2, 0.25) is 5.02 Å². The number of pyridine rings is 1. The Hall–Kier alpha value is -2.07. The van der Waals surface area contributed by atoms with E-state index in [1.165, 1.54) is 23.5 Å². The molecule has 0 saturated carbocycles. The topological polar surface area (TPSA) is 96.9 Å². The highest BCUT2D eigenvalue weighted by molar-refractivity contribution is 7.89. The van der Waals surface area contributed by atoms with Gasteiger partial charge in [-0.15, -0.1) is 10.2 Å². The summed E-state index contributed by atoms with van der Waals surface area (Å²) in [6, 6.07) is 11.7. The molecule has 7 nitrogen and oxygen atoms in total. The van der Waals surface area contributed by atoms with Crippen molar-refractivity contribution in [3.05, 3.63) is 53.7 Å². The van der Waals surface area contributed by atoms with Crippen molar-refractivity contribution in [2.45, 2.75) is 4.90 Å². The number of sulfonamides is 1. The Morgan fingerprint density at radius 2 is 1.96 bits per heavy atom.